The van der Waals surface area contributed by atoms with Gasteiger partial charge in [-0.2, -0.15) is 0 Å². The number of hydrogen-bond donors (Lipinski definition) is 1. The van der Waals surface area contributed by atoms with Crippen LogP contribution in [0.15, 0.2) is 65.1 Å². The summed E-state index contributed by atoms with van der Waals surface area (Å²) in [6, 6.07) is 18.9. The van der Waals surface area contributed by atoms with Gasteiger partial charge in [0.25, 0.3) is 0 Å². The first kappa shape index (κ1) is 36.7. The maximum atomic E-state index is 11.8. The molecule has 0 bridgehead atoms. The quantitative estimate of drug-likeness (QED) is 0.0604. The van der Waals surface area contributed by atoms with Crippen molar-refractivity contribution in [3.8, 4) is 34.8 Å². The zero-order chi connectivity index (χ0) is 34.0. The highest BCUT2D eigenvalue weighted by Gasteiger charge is 2.20. The molecule has 0 aromatic heterocycles. The number of benzene rings is 3. The number of anilines is 1. The van der Waals surface area contributed by atoms with Crippen molar-refractivity contribution in [3.63, 3.8) is 0 Å². The SMILES string of the molecule is C#CCOCCOCCOCCOCCNC=O.CN(C)c1ccc2c(-c3ccccc3C(=O)[O-])c3ccc(=[N+](C)C)cc-3oc2c1. The second kappa shape index (κ2) is 19.7. The number of terminal acetylenes is 1. The summed E-state index contributed by atoms with van der Waals surface area (Å²) in [5.41, 5.74) is 4.17. The third kappa shape index (κ3) is 11.2. The second-order valence-electron chi connectivity index (χ2n) is 10.6. The molecule has 1 aliphatic heterocycles. The van der Waals surface area contributed by atoms with E-state index in [-0.39, 0.29) is 5.56 Å². The summed E-state index contributed by atoms with van der Waals surface area (Å²) in [5.74, 6) is 1.87. The number of carbonyl (C=O) groups excluding carboxylic acids is 2. The van der Waals surface area contributed by atoms with E-state index >= 15 is 0 Å². The Hall–Kier alpha value is -4.73. The maximum Gasteiger partial charge on any atom is 0.207 e. The lowest BCUT2D eigenvalue weighted by Crippen LogP contribution is -2.23. The Kier molecular flexibility index (Phi) is 15.4. The summed E-state index contributed by atoms with van der Waals surface area (Å²) in [6.45, 7) is 4.39. The molecule has 1 aliphatic carbocycles. The topological polar surface area (TPSA) is 126 Å². The Bertz CT molecular complexity index is 1670. The first-order valence-corrected chi connectivity index (χ1v) is 15.2. The fraction of sp³-hybridized carbons (Fsp3) is 0.361. The fourth-order valence-corrected chi connectivity index (χ4v) is 4.57. The van der Waals surface area contributed by atoms with E-state index in [1.807, 2.05) is 86.2 Å². The highest BCUT2D eigenvalue weighted by molar-refractivity contribution is 6.07. The van der Waals surface area contributed by atoms with Crippen LogP contribution in [0.25, 0.3) is 33.4 Å². The van der Waals surface area contributed by atoms with Crippen molar-refractivity contribution < 1.29 is 38.1 Å². The third-order valence-electron chi connectivity index (χ3n) is 6.91. The van der Waals surface area contributed by atoms with Gasteiger partial charge in [0.1, 0.15) is 32.0 Å². The van der Waals surface area contributed by atoms with Crippen LogP contribution >= 0.6 is 0 Å². The van der Waals surface area contributed by atoms with Gasteiger partial charge in [-0.15, -0.1) is 6.42 Å². The van der Waals surface area contributed by atoms with Crippen molar-refractivity contribution in [3.05, 3.63) is 71.6 Å². The van der Waals surface area contributed by atoms with Crippen molar-refractivity contribution >= 4 is 29.0 Å². The van der Waals surface area contributed by atoms with Gasteiger partial charge >= 0.3 is 0 Å². The van der Waals surface area contributed by atoms with Crippen LogP contribution in [0, 0.1) is 12.3 Å². The minimum Gasteiger partial charge on any atom is -0.545 e. The van der Waals surface area contributed by atoms with E-state index in [9.17, 15) is 14.7 Å². The monoisotopic (exact) mass is 645 g/mol. The van der Waals surface area contributed by atoms with E-state index in [1.54, 1.807) is 12.1 Å². The van der Waals surface area contributed by atoms with Crippen LogP contribution in [0.1, 0.15) is 10.4 Å². The first-order chi connectivity index (χ1) is 22.8. The number of ether oxygens (including phenoxy) is 4. The molecule has 2 aromatic carbocycles. The minimum atomic E-state index is -1.20. The van der Waals surface area contributed by atoms with Gasteiger partial charge in [-0.3, -0.25) is 4.79 Å². The third-order valence-corrected chi connectivity index (χ3v) is 6.91. The summed E-state index contributed by atoms with van der Waals surface area (Å²) < 4.78 is 29.0. The van der Waals surface area contributed by atoms with Crippen LogP contribution < -0.4 is 25.3 Å². The molecule has 4 rings (SSSR count). The first-order valence-electron chi connectivity index (χ1n) is 15.2. The van der Waals surface area contributed by atoms with Gasteiger partial charge in [-0.05, 0) is 23.8 Å². The number of rotatable bonds is 17. The molecule has 11 heteroatoms. The molecule has 0 atom stereocenters. The van der Waals surface area contributed by atoms with Crippen molar-refractivity contribution in [1.29, 1.82) is 0 Å². The van der Waals surface area contributed by atoms with Crippen LogP contribution in [0.2, 0.25) is 0 Å². The number of carboxylic acid groups (broad SMARTS) is 1. The molecule has 0 spiro atoms. The highest BCUT2D eigenvalue weighted by atomic mass is 16.6. The van der Waals surface area contributed by atoms with Gasteiger partial charge in [0.2, 0.25) is 11.8 Å². The van der Waals surface area contributed by atoms with E-state index < -0.39 is 5.97 Å². The largest absolute Gasteiger partial charge is 0.545 e. The molecule has 0 saturated carbocycles. The van der Waals surface area contributed by atoms with Crippen LogP contribution in [0.5, 0.6) is 0 Å². The van der Waals surface area contributed by atoms with E-state index in [0.717, 1.165) is 27.6 Å². The van der Waals surface area contributed by atoms with Crippen molar-refractivity contribution in [2.75, 3.05) is 92.5 Å². The van der Waals surface area contributed by atoms with E-state index in [0.29, 0.717) is 82.7 Å². The van der Waals surface area contributed by atoms with Crippen molar-refractivity contribution in [2.24, 2.45) is 0 Å². The van der Waals surface area contributed by atoms with Crippen LogP contribution in [-0.4, -0.2) is 100.0 Å². The zero-order valence-electron chi connectivity index (χ0n) is 27.5. The van der Waals surface area contributed by atoms with Gasteiger partial charge in [-0.25, -0.2) is 4.58 Å². The van der Waals surface area contributed by atoms with Crippen LogP contribution in [-0.2, 0) is 23.7 Å². The van der Waals surface area contributed by atoms with Gasteiger partial charge in [0, 0.05) is 60.5 Å². The number of nitrogens with zero attached hydrogens (tertiary/aromatic N) is 2. The average Bonchev–Trinajstić information content (AvgIpc) is 3.07. The maximum absolute atomic E-state index is 11.8. The second-order valence-corrected chi connectivity index (χ2v) is 10.6. The number of hydrogen-bond acceptors (Lipinski definition) is 9. The summed E-state index contributed by atoms with van der Waals surface area (Å²) in [4.78, 5) is 23.7. The molecule has 0 fully saturated rings. The summed E-state index contributed by atoms with van der Waals surface area (Å²) in [7, 11) is 7.88. The molecule has 0 unspecified atom stereocenters. The highest BCUT2D eigenvalue weighted by Crippen LogP contribution is 2.41. The summed E-state index contributed by atoms with van der Waals surface area (Å²) in [6.07, 6.45) is 5.65. The van der Waals surface area contributed by atoms with E-state index in [2.05, 4.69) is 11.2 Å². The molecule has 250 valence electrons. The molecule has 2 aromatic rings. The summed E-state index contributed by atoms with van der Waals surface area (Å²) in [5, 5.41) is 16.2. The van der Waals surface area contributed by atoms with E-state index in [4.69, 9.17) is 29.8 Å². The fourth-order valence-electron chi connectivity index (χ4n) is 4.57. The molecule has 11 nitrogen and oxygen atoms in total. The van der Waals surface area contributed by atoms with Gasteiger partial charge in [0.15, 0.2) is 0 Å². The molecule has 1 amide bonds. The smallest absolute Gasteiger partial charge is 0.207 e. The predicted octanol–water partition coefficient (Wildman–Crippen LogP) is 2.10. The Balaban J connectivity index is 0.000000290. The lowest BCUT2D eigenvalue weighted by atomic mass is 9.90. The number of amides is 1. The molecule has 0 radical (unpaired) electrons. The van der Waals surface area contributed by atoms with Crippen molar-refractivity contribution in [2.45, 2.75) is 0 Å². The molecule has 2 aliphatic rings. The summed E-state index contributed by atoms with van der Waals surface area (Å²) >= 11 is 0. The lowest BCUT2D eigenvalue weighted by Gasteiger charge is -2.19. The Morgan fingerprint density at radius 1 is 0.915 bits per heavy atom. The van der Waals surface area contributed by atoms with Gasteiger partial charge < -0.3 is 43.5 Å². The molecule has 1 heterocycles. The number of fused-ring (bicyclic) bond motifs is 2. The Labute approximate surface area is 275 Å². The number of carboxylic acids is 1. The Morgan fingerprint density at radius 3 is 2.19 bits per heavy atom. The van der Waals surface area contributed by atoms with Gasteiger partial charge in [0.05, 0.1) is 58.3 Å². The minimum absolute atomic E-state index is 0.162. The molecular formula is C36H43N3O8. The number of nitrogens with one attached hydrogen (secondary N) is 1. The molecule has 0 saturated heterocycles. The average molecular weight is 646 g/mol. The van der Waals surface area contributed by atoms with Gasteiger partial charge in [-0.1, -0.05) is 30.2 Å². The standard InChI is InChI=1S/C24H22N2O3.C12H21NO5/c1-25(2)15-9-11-19-21(13-15)29-22-14-16(26(3)4)10-12-20(22)23(19)17-7-5-6-8-18(17)24(27)28;1-2-4-15-6-8-17-10-11-18-9-7-16-5-3-13-12-14/h5-14H,1-4H3;1,12H,3-11H2,(H,13,14). The van der Waals surface area contributed by atoms with Crippen LogP contribution in [0.4, 0.5) is 5.69 Å². The van der Waals surface area contributed by atoms with E-state index in [1.165, 1.54) is 0 Å². The normalized spacial score (nSPS) is 10.6. The van der Waals surface area contributed by atoms with Crippen LogP contribution in [0.3, 0.4) is 0 Å². The van der Waals surface area contributed by atoms with Crippen molar-refractivity contribution in [1.82, 2.24) is 9.89 Å². The molecule has 47 heavy (non-hydrogen) atoms. The Morgan fingerprint density at radius 2 is 1.57 bits per heavy atom. The number of aromatic carboxylic acids is 1. The number of carbonyl (C=O) groups is 2. The predicted molar refractivity (Wildman–Crippen MR) is 180 cm³/mol. The zero-order valence-corrected chi connectivity index (χ0v) is 27.5. The molecular weight excluding hydrogens is 602 g/mol. The lowest BCUT2D eigenvalue weighted by molar-refractivity contribution is -0.254. The molecule has 1 N–H and O–H groups in total.